The van der Waals surface area contributed by atoms with Crippen molar-refractivity contribution in [2.24, 2.45) is 11.8 Å². The summed E-state index contributed by atoms with van der Waals surface area (Å²) in [7, 11) is -3.04. The van der Waals surface area contributed by atoms with Crippen molar-refractivity contribution in [3.8, 4) is 0 Å². The first-order valence-electron chi connectivity index (χ1n) is 9.65. The van der Waals surface area contributed by atoms with Crippen molar-refractivity contribution in [2.75, 3.05) is 18.6 Å². The van der Waals surface area contributed by atoms with E-state index in [4.69, 9.17) is 11.6 Å². The summed E-state index contributed by atoms with van der Waals surface area (Å²) in [5.41, 5.74) is 5.01. The van der Waals surface area contributed by atoms with Gasteiger partial charge in [-0.05, 0) is 58.6 Å². The molecule has 6 heteroatoms. The predicted octanol–water partition coefficient (Wildman–Crippen LogP) is 4.97. The molecule has 0 bridgehead atoms. The third-order valence-electron chi connectivity index (χ3n) is 5.48. The fourth-order valence-corrected chi connectivity index (χ4v) is 5.31. The molecule has 0 saturated heterocycles. The fourth-order valence-electron chi connectivity index (χ4n) is 3.82. The van der Waals surface area contributed by atoms with Gasteiger partial charge >= 0.3 is 0 Å². The highest BCUT2D eigenvalue weighted by molar-refractivity contribution is 7.90. The first-order valence-corrected chi connectivity index (χ1v) is 12.1. The Kier molecular flexibility index (Phi) is 7.66. The highest BCUT2D eigenvalue weighted by Crippen LogP contribution is 2.44. The second kappa shape index (κ2) is 9.41. The normalized spacial score (nSPS) is 17.7. The predicted molar refractivity (Wildman–Crippen MR) is 122 cm³/mol. The zero-order valence-corrected chi connectivity index (χ0v) is 19.0. The summed E-state index contributed by atoms with van der Waals surface area (Å²) in [5, 5.41) is 9.91. The van der Waals surface area contributed by atoms with Crippen molar-refractivity contribution in [3.63, 3.8) is 0 Å². The summed E-state index contributed by atoms with van der Waals surface area (Å²) in [4.78, 5) is 4.24. The van der Waals surface area contributed by atoms with Crippen molar-refractivity contribution in [1.82, 2.24) is 4.98 Å². The minimum atomic E-state index is -3.04. The molecule has 0 aliphatic heterocycles. The van der Waals surface area contributed by atoms with Crippen LogP contribution in [-0.2, 0) is 9.84 Å². The minimum absolute atomic E-state index is 0.0710. The summed E-state index contributed by atoms with van der Waals surface area (Å²) in [5.74, 6) is 0.384. The van der Waals surface area contributed by atoms with E-state index in [0.29, 0.717) is 17.1 Å². The van der Waals surface area contributed by atoms with Gasteiger partial charge in [-0.2, -0.15) is 0 Å². The fraction of sp³-hybridized carbons (Fsp3) is 0.435. The Morgan fingerprint density at radius 2 is 2.00 bits per heavy atom. The number of aliphatic hydroxyl groups is 1. The van der Waals surface area contributed by atoms with Crippen molar-refractivity contribution in [3.05, 3.63) is 71.1 Å². The van der Waals surface area contributed by atoms with E-state index in [1.165, 1.54) is 6.26 Å². The number of allylic oxidation sites excluding steroid dienone is 3. The number of pyridine rings is 1. The molecule has 1 unspecified atom stereocenters. The van der Waals surface area contributed by atoms with E-state index < -0.39 is 9.84 Å². The molecule has 0 fully saturated rings. The van der Waals surface area contributed by atoms with Crippen LogP contribution in [0.25, 0.3) is 5.57 Å². The van der Waals surface area contributed by atoms with E-state index in [9.17, 15) is 13.5 Å². The van der Waals surface area contributed by atoms with E-state index in [1.807, 2.05) is 6.08 Å². The average Bonchev–Trinajstić information content (AvgIpc) is 2.62. The molecule has 29 heavy (non-hydrogen) atoms. The number of aliphatic hydroxyl groups excluding tert-OH is 1. The van der Waals surface area contributed by atoms with Gasteiger partial charge in [-0.1, -0.05) is 56.8 Å². The quantitative estimate of drug-likeness (QED) is 0.439. The second-order valence-corrected chi connectivity index (χ2v) is 10.8. The van der Waals surface area contributed by atoms with E-state index in [1.54, 1.807) is 12.3 Å². The van der Waals surface area contributed by atoms with E-state index in [-0.39, 0.29) is 30.1 Å². The SMILES string of the molecule is C=C(CO)C1=CC(=C)C(C(=C)CC[C@H](CS(C)(=O)=O)C(C)C)c2cnc(Cl)cc21. The molecule has 1 aromatic rings. The Bertz CT molecular complexity index is 960. The third-order valence-corrected chi connectivity index (χ3v) is 6.72. The minimum Gasteiger partial charge on any atom is -0.392 e. The summed E-state index contributed by atoms with van der Waals surface area (Å²) >= 11 is 6.12. The van der Waals surface area contributed by atoms with Gasteiger partial charge < -0.3 is 5.11 Å². The van der Waals surface area contributed by atoms with Crippen LogP contribution in [0.15, 0.2) is 54.8 Å². The van der Waals surface area contributed by atoms with Crippen LogP contribution >= 0.6 is 11.6 Å². The van der Waals surface area contributed by atoms with Gasteiger partial charge in [0.2, 0.25) is 0 Å². The van der Waals surface area contributed by atoms with Crippen LogP contribution in [0.2, 0.25) is 5.15 Å². The molecule has 0 amide bonds. The Balaban J connectivity index is 2.30. The number of halogens is 1. The second-order valence-electron chi connectivity index (χ2n) is 8.22. The number of sulfone groups is 1. The molecule has 1 aliphatic rings. The maximum absolute atomic E-state index is 11.8. The van der Waals surface area contributed by atoms with Crippen molar-refractivity contribution < 1.29 is 13.5 Å². The maximum Gasteiger partial charge on any atom is 0.147 e. The molecule has 158 valence electrons. The average molecular weight is 436 g/mol. The number of fused-ring (bicyclic) bond motifs is 1. The molecule has 0 spiro atoms. The van der Waals surface area contributed by atoms with Crippen LogP contribution in [0.5, 0.6) is 0 Å². The number of rotatable bonds is 9. The third kappa shape index (κ3) is 5.91. The molecular formula is C23H30ClNO3S. The Morgan fingerprint density at radius 3 is 2.55 bits per heavy atom. The lowest BCUT2D eigenvalue weighted by atomic mass is 9.74. The zero-order valence-electron chi connectivity index (χ0n) is 17.4. The Hall–Kier alpha value is -1.69. The van der Waals surface area contributed by atoms with Crippen LogP contribution in [0, 0.1) is 11.8 Å². The number of aromatic nitrogens is 1. The van der Waals surface area contributed by atoms with Crippen molar-refractivity contribution in [2.45, 2.75) is 32.6 Å². The van der Waals surface area contributed by atoms with Crippen LogP contribution < -0.4 is 0 Å². The maximum atomic E-state index is 11.8. The molecule has 2 rings (SSSR count). The summed E-state index contributed by atoms with van der Waals surface area (Å²) in [6.07, 6.45) is 6.36. The summed E-state index contributed by atoms with van der Waals surface area (Å²) < 4.78 is 23.5. The smallest absolute Gasteiger partial charge is 0.147 e. The first kappa shape index (κ1) is 23.6. The number of nitrogens with zero attached hydrogens (tertiary/aromatic N) is 1. The van der Waals surface area contributed by atoms with Gasteiger partial charge in [0.25, 0.3) is 0 Å². The lowest BCUT2D eigenvalue weighted by molar-refractivity contribution is 0.336. The van der Waals surface area contributed by atoms with E-state index in [0.717, 1.165) is 34.3 Å². The van der Waals surface area contributed by atoms with Gasteiger partial charge in [0.1, 0.15) is 15.0 Å². The molecule has 1 heterocycles. The Morgan fingerprint density at radius 1 is 1.34 bits per heavy atom. The lowest BCUT2D eigenvalue weighted by Gasteiger charge is -2.30. The van der Waals surface area contributed by atoms with Gasteiger partial charge in [0.05, 0.1) is 12.4 Å². The zero-order chi connectivity index (χ0) is 21.9. The molecule has 4 nitrogen and oxygen atoms in total. The number of hydrogen-bond acceptors (Lipinski definition) is 4. The summed E-state index contributed by atoms with van der Waals surface area (Å²) in [6.45, 7) is 16.4. The van der Waals surface area contributed by atoms with Gasteiger partial charge in [-0.3, -0.25) is 0 Å². The highest BCUT2D eigenvalue weighted by atomic mass is 35.5. The lowest BCUT2D eigenvalue weighted by Crippen LogP contribution is -2.21. The van der Waals surface area contributed by atoms with Crippen LogP contribution in [0.1, 0.15) is 43.7 Å². The molecule has 0 saturated carbocycles. The van der Waals surface area contributed by atoms with Gasteiger partial charge in [0.15, 0.2) is 0 Å². The van der Waals surface area contributed by atoms with Gasteiger partial charge in [-0.25, -0.2) is 13.4 Å². The van der Waals surface area contributed by atoms with E-state index in [2.05, 4.69) is 38.6 Å². The Labute approximate surface area is 179 Å². The van der Waals surface area contributed by atoms with Crippen molar-refractivity contribution >= 4 is 27.0 Å². The molecule has 1 aromatic heterocycles. The monoisotopic (exact) mass is 435 g/mol. The number of hydrogen-bond donors (Lipinski definition) is 1. The first-order chi connectivity index (χ1) is 13.4. The van der Waals surface area contributed by atoms with Crippen LogP contribution in [0.3, 0.4) is 0 Å². The standard InChI is InChI=1S/C23H30ClNO3S/c1-14(2)18(13-29(6,27)28)8-7-15(3)23-16(4)9-19(17(5)12-26)20-10-22(24)25-11-21(20)23/h9-11,14,18,23,26H,3-5,7-8,12-13H2,1-2,6H3/t18-,23?/m1/s1. The molecule has 0 radical (unpaired) electrons. The molecule has 1 N–H and O–H groups in total. The largest absolute Gasteiger partial charge is 0.392 e. The van der Waals surface area contributed by atoms with Crippen LogP contribution in [0.4, 0.5) is 0 Å². The van der Waals surface area contributed by atoms with Gasteiger partial charge in [-0.15, -0.1) is 0 Å². The topological polar surface area (TPSA) is 67.3 Å². The van der Waals surface area contributed by atoms with Crippen molar-refractivity contribution in [1.29, 1.82) is 0 Å². The molecule has 2 atom stereocenters. The molecule has 1 aliphatic carbocycles. The molecule has 0 aromatic carbocycles. The van der Waals surface area contributed by atoms with Crippen LogP contribution in [-0.4, -0.2) is 37.1 Å². The van der Waals surface area contributed by atoms with Gasteiger partial charge in [0, 0.05) is 18.4 Å². The van der Waals surface area contributed by atoms with E-state index >= 15 is 0 Å². The molecular weight excluding hydrogens is 406 g/mol. The highest BCUT2D eigenvalue weighted by Gasteiger charge is 2.29. The summed E-state index contributed by atoms with van der Waals surface area (Å²) in [6, 6.07) is 1.77.